The van der Waals surface area contributed by atoms with Gasteiger partial charge in [0, 0.05) is 11.1 Å². The van der Waals surface area contributed by atoms with E-state index >= 15 is 0 Å². The van der Waals surface area contributed by atoms with Gasteiger partial charge in [-0.3, -0.25) is 4.79 Å². The molecule has 1 aromatic rings. The van der Waals surface area contributed by atoms with Gasteiger partial charge in [0.15, 0.2) is 11.5 Å². The summed E-state index contributed by atoms with van der Waals surface area (Å²) in [5.41, 5.74) is 5.91. The van der Waals surface area contributed by atoms with E-state index in [9.17, 15) is 9.90 Å². The molecule has 6 heteroatoms. The highest BCUT2D eigenvalue weighted by molar-refractivity contribution is 6.31. The second-order valence-electron chi connectivity index (χ2n) is 3.26. The molecule has 0 aliphatic carbocycles. The van der Waals surface area contributed by atoms with Gasteiger partial charge in [0.2, 0.25) is 0 Å². The largest absolute Gasteiger partial charge is 0.504 e. The molecule has 0 spiro atoms. The van der Waals surface area contributed by atoms with Crippen molar-refractivity contribution in [1.29, 1.82) is 0 Å². The number of carboxylic acid groups (broad SMARTS) is 1. The maximum atomic E-state index is 10.6. The van der Waals surface area contributed by atoms with Crippen LogP contribution in [-0.2, 0) is 11.2 Å². The van der Waals surface area contributed by atoms with Crippen LogP contribution in [0.1, 0.15) is 5.56 Å². The van der Waals surface area contributed by atoms with Crippen molar-refractivity contribution in [2.24, 2.45) is 5.73 Å². The normalized spacial score (nSPS) is 12.2. The molecule has 0 bridgehead atoms. The number of nitrogens with two attached hydrogens (primary N) is 1. The van der Waals surface area contributed by atoms with Crippen molar-refractivity contribution in [3.05, 3.63) is 22.7 Å². The van der Waals surface area contributed by atoms with Crippen molar-refractivity contribution in [3.8, 4) is 11.5 Å². The number of benzene rings is 1. The van der Waals surface area contributed by atoms with Gasteiger partial charge in [0.1, 0.15) is 6.04 Å². The highest BCUT2D eigenvalue weighted by Gasteiger charge is 2.16. The predicted octanol–water partition coefficient (Wildman–Crippen LogP) is 1.01. The van der Waals surface area contributed by atoms with E-state index in [1.54, 1.807) is 0 Å². The van der Waals surface area contributed by atoms with Crippen molar-refractivity contribution in [1.82, 2.24) is 0 Å². The van der Waals surface area contributed by atoms with Gasteiger partial charge in [-0.25, -0.2) is 0 Å². The minimum atomic E-state index is -1.11. The molecule has 1 aromatic carbocycles. The van der Waals surface area contributed by atoms with Crippen LogP contribution in [0.4, 0.5) is 0 Å². The number of rotatable bonds is 4. The number of phenols is 1. The summed E-state index contributed by atoms with van der Waals surface area (Å²) >= 11 is 5.84. The zero-order valence-electron chi connectivity index (χ0n) is 8.61. The smallest absolute Gasteiger partial charge is 0.320 e. The van der Waals surface area contributed by atoms with Crippen LogP contribution < -0.4 is 10.5 Å². The summed E-state index contributed by atoms with van der Waals surface area (Å²) in [6.45, 7) is 0. The first-order chi connectivity index (χ1) is 7.45. The van der Waals surface area contributed by atoms with Crippen LogP contribution in [-0.4, -0.2) is 29.3 Å². The van der Waals surface area contributed by atoms with Gasteiger partial charge in [-0.1, -0.05) is 11.6 Å². The molecule has 0 fully saturated rings. The van der Waals surface area contributed by atoms with Crippen LogP contribution in [0.3, 0.4) is 0 Å². The Morgan fingerprint density at radius 1 is 1.62 bits per heavy atom. The first-order valence-electron chi connectivity index (χ1n) is 4.49. The topological polar surface area (TPSA) is 92.8 Å². The fourth-order valence-electron chi connectivity index (χ4n) is 1.23. The van der Waals surface area contributed by atoms with E-state index in [4.69, 9.17) is 27.2 Å². The lowest BCUT2D eigenvalue weighted by molar-refractivity contribution is -0.138. The molecule has 0 aromatic heterocycles. The lowest BCUT2D eigenvalue weighted by Crippen LogP contribution is -2.32. The van der Waals surface area contributed by atoms with Gasteiger partial charge in [0.25, 0.3) is 0 Å². The molecule has 5 nitrogen and oxygen atoms in total. The highest BCUT2D eigenvalue weighted by atomic mass is 35.5. The van der Waals surface area contributed by atoms with Crippen molar-refractivity contribution in [3.63, 3.8) is 0 Å². The third-order valence-corrected chi connectivity index (χ3v) is 2.46. The van der Waals surface area contributed by atoms with Crippen LogP contribution in [0.25, 0.3) is 0 Å². The molecule has 0 saturated carbocycles. The van der Waals surface area contributed by atoms with E-state index in [2.05, 4.69) is 0 Å². The standard InChI is InChI=1S/C10H12ClNO4/c1-16-9-3-5(2-7(12)10(14)15)6(11)4-8(9)13/h3-4,7,13H,2,12H2,1H3,(H,14,15). The van der Waals surface area contributed by atoms with Gasteiger partial charge in [-0.05, 0) is 18.1 Å². The maximum Gasteiger partial charge on any atom is 0.320 e. The van der Waals surface area contributed by atoms with E-state index in [-0.39, 0.29) is 22.9 Å². The number of aromatic hydroxyl groups is 1. The van der Waals surface area contributed by atoms with Crippen LogP contribution in [0.5, 0.6) is 11.5 Å². The average molecular weight is 246 g/mol. The van der Waals surface area contributed by atoms with Gasteiger partial charge in [0.05, 0.1) is 7.11 Å². The fourth-order valence-corrected chi connectivity index (χ4v) is 1.46. The van der Waals surface area contributed by atoms with E-state index in [0.717, 1.165) is 0 Å². The second-order valence-corrected chi connectivity index (χ2v) is 3.67. The lowest BCUT2D eigenvalue weighted by atomic mass is 10.1. The van der Waals surface area contributed by atoms with E-state index in [0.29, 0.717) is 5.56 Å². The molecule has 0 heterocycles. The Labute approximate surface area is 97.4 Å². The molecular formula is C10H12ClNO4. The van der Waals surface area contributed by atoms with Gasteiger partial charge in [-0.15, -0.1) is 0 Å². The number of halogens is 1. The van der Waals surface area contributed by atoms with Crippen molar-refractivity contribution in [2.75, 3.05) is 7.11 Å². The summed E-state index contributed by atoms with van der Waals surface area (Å²) in [6, 6.07) is 1.73. The molecule has 88 valence electrons. The minimum absolute atomic E-state index is 0.0742. The Morgan fingerprint density at radius 3 is 2.75 bits per heavy atom. The van der Waals surface area contributed by atoms with E-state index in [1.165, 1.54) is 19.2 Å². The Hall–Kier alpha value is -1.46. The third-order valence-electron chi connectivity index (χ3n) is 2.10. The van der Waals surface area contributed by atoms with Crippen LogP contribution in [0.15, 0.2) is 12.1 Å². The summed E-state index contributed by atoms with van der Waals surface area (Å²) in [7, 11) is 1.39. The SMILES string of the molecule is COc1cc(CC(N)C(=O)O)c(Cl)cc1O. The quantitative estimate of drug-likeness (QED) is 0.736. The molecule has 1 unspecified atom stereocenters. The molecule has 0 amide bonds. The number of carboxylic acids is 1. The van der Waals surface area contributed by atoms with Gasteiger partial charge in [-0.2, -0.15) is 0 Å². The lowest BCUT2D eigenvalue weighted by Gasteiger charge is -2.11. The minimum Gasteiger partial charge on any atom is -0.504 e. The predicted molar refractivity (Wildman–Crippen MR) is 59.0 cm³/mol. The average Bonchev–Trinajstić information content (AvgIpc) is 2.21. The number of carbonyl (C=O) groups is 1. The fraction of sp³-hybridized carbons (Fsp3) is 0.300. The maximum absolute atomic E-state index is 10.6. The molecule has 1 rings (SSSR count). The molecule has 4 N–H and O–H groups in total. The number of ether oxygens (including phenoxy) is 1. The summed E-state index contributed by atoms with van der Waals surface area (Å²) in [5, 5.41) is 18.3. The molecule has 1 atom stereocenters. The molecule has 0 aliphatic heterocycles. The van der Waals surface area contributed by atoms with E-state index < -0.39 is 12.0 Å². The Morgan fingerprint density at radius 2 is 2.25 bits per heavy atom. The van der Waals surface area contributed by atoms with Gasteiger partial charge < -0.3 is 20.7 Å². The zero-order valence-corrected chi connectivity index (χ0v) is 9.36. The summed E-state index contributed by atoms with van der Waals surface area (Å²) < 4.78 is 4.89. The number of hydrogen-bond donors (Lipinski definition) is 3. The Kier molecular flexibility index (Phi) is 3.98. The molecule has 16 heavy (non-hydrogen) atoms. The first kappa shape index (κ1) is 12.6. The summed E-state index contributed by atoms with van der Waals surface area (Å²) in [5.74, 6) is -0.972. The van der Waals surface area contributed by atoms with Gasteiger partial charge >= 0.3 is 5.97 Å². The Bertz CT molecular complexity index is 408. The number of aliphatic carboxylic acids is 1. The molecular weight excluding hydrogens is 234 g/mol. The molecule has 0 saturated heterocycles. The highest BCUT2D eigenvalue weighted by Crippen LogP contribution is 2.32. The number of methoxy groups -OCH3 is 1. The molecule has 0 radical (unpaired) electrons. The van der Waals surface area contributed by atoms with E-state index in [1.807, 2.05) is 0 Å². The van der Waals surface area contributed by atoms with Crippen molar-refractivity contribution >= 4 is 17.6 Å². The zero-order chi connectivity index (χ0) is 12.3. The van der Waals surface area contributed by atoms with Crippen LogP contribution >= 0.6 is 11.6 Å². The summed E-state index contributed by atoms with van der Waals surface area (Å²) in [4.78, 5) is 10.6. The van der Waals surface area contributed by atoms with Crippen molar-refractivity contribution in [2.45, 2.75) is 12.5 Å². The first-order valence-corrected chi connectivity index (χ1v) is 4.87. The Balaban J connectivity index is 3.00. The number of phenolic OH excluding ortho intramolecular Hbond substituents is 1. The number of hydrogen-bond acceptors (Lipinski definition) is 4. The van der Waals surface area contributed by atoms with Crippen LogP contribution in [0, 0.1) is 0 Å². The third kappa shape index (κ3) is 2.77. The second kappa shape index (κ2) is 5.05. The van der Waals surface area contributed by atoms with Crippen LogP contribution in [0.2, 0.25) is 5.02 Å². The summed E-state index contributed by atoms with van der Waals surface area (Å²) in [6.07, 6.45) is 0.0742. The van der Waals surface area contributed by atoms with Crippen molar-refractivity contribution < 1.29 is 19.7 Å². The monoisotopic (exact) mass is 245 g/mol. The molecule has 0 aliphatic rings.